The first-order chi connectivity index (χ1) is 13.9. The van der Waals surface area contributed by atoms with Crippen LogP contribution in [0.1, 0.15) is 71.3 Å². The van der Waals surface area contributed by atoms with Gasteiger partial charge >= 0.3 is 0 Å². The summed E-state index contributed by atoms with van der Waals surface area (Å²) < 4.78 is 6.06. The Hall–Kier alpha value is -2.04. The average molecular weight is 401 g/mol. The Morgan fingerprint density at radius 2 is 1.97 bits per heavy atom. The van der Waals surface area contributed by atoms with E-state index < -0.39 is 0 Å². The van der Waals surface area contributed by atoms with Gasteiger partial charge in [0, 0.05) is 25.4 Å². The average Bonchev–Trinajstić information content (AvgIpc) is 2.70. The molecule has 0 spiro atoms. The van der Waals surface area contributed by atoms with Gasteiger partial charge in [-0.05, 0) is 61.1 Å². The van der Waals surface area contributed by atoms with Gasteiger partial charge in [0.15, 0.2) is 0 Å². The number of amides is 2. The molecule has 2 aliphatic rings. The maximum absolute atomic E-state index is 12.8. The van der Waals surface area contributed by atoms with E-state index in [1.807, 2.05) is 17.0 Å². The molecule has 1 aromatic carbocycles. The second-order valence-corrected chi connectivity index (χ2v) is 8.91. The van der Waals surface area contributed by atoms with Crippen LogP contribution in [0.3, 0.4) is 0 Å². The molecule has 0 aliphatic carbocycles. The highest BCUT2D eigenvalue weighted by Gasteiger charge is 2.34. The quantitative estimate of drug-likeness (QED) is 0.788. The molecule has 29 heavy (non-hydrogen) atoms. The summed E-state index contributed by atoms with van der Waals surface area (Å²) in [5, 5.41) is 3.08. The number of nitrogens with one attached hydrogen (secondary N) is 1. The molecular weight excluding hydrogens is 364 g/mol. The molecule has 1 fully saturated rings. The van der Waals surface area contributed by atoms with Crippen LogP contribution < -0.4 is 10.1 Å². The first-order valence-electron chi connectivity index (χ1n) is 11.3. The summed E-state index contributed by atoms with van der Waals surface area (Å²) in [6, 6.07) is 6.07. The highest BCUT2D eigenvalue weighted by Crippen LogP contribution is 2.34. The number of carbonyl (C=O) groups excluding carboxylic acids is 2. The lowest BCUT2D eigenvalue weighted by Crippen LogP contribution is -2.47. The van der Waals surface area contributed by atoms with E-state index in [1.165, 1.54) is 5.56 Å². The zero-order valence-electron chi connectivity index (χ0n) is 18.4. The number of carbonyl (C=O) groups is 2. The number of fused-ring (bicyclic) bond motifs is 2. The third-order valence-corrected chi connectivity index (χ3v) is 6.68. The Balaban J connectivity index is 1.73. The van der Waals surface area contributed by atoms with Crippen molar-refractivity contribution in [2.24, 2.45) is 17.8 Å². The van der Waals surface area contributed by atoms with Gasteiger partial charge < -0.3 is 15.0 Å². The summed E-state index contributed by atoms with van der Waals surface area (Å²) in [6.45, 7) is 10.6. The van der Waals surface area contributed by atoms with Gasteiger partial charge in [-0.15, -0.1) is 0 Å². The minimum atomic E-state index is 0.0485. The van der Waals surface area contributed by atoms with Crippen molar-refractivity contribution in [2.45, 2.75) is 65.7 Å². The van der Waals surface area contributed by atoms with Gasteiger partial charge in [-0.2, -0.15) is 0 Å². The van der Waals surface area contributed by atoms with Crippen LogP contribution in [0.5, 0.6) is 5.75 Å². The molecule has 1 N–H and O–H groups in total. The van der Waals surface area contributed by atoms with E-state index in [-0.39, 0.29) is 17.7 Å². The van der Waals surface area contributed by atoms with Crippen LogP contribution in [-0.2, 0) is 9.59 Å². The number of hydrogen-bond acceptors (Lipinski definition) is 3. The Morgan fingerprint density at radius 1 is 1.21 bits per heavy atom. The normalized spacial score (nSPS) is 22.6. The van der Waals surface area contributed by atoms with E-state index in [1.54, 1.807) is 0 Å². The molecule has 160 valence electrons. The molecule has 1 aromatic rings. The van der Waals surface area contributed by atoms with Gasteiger partial charge in [0.05, 0.1) is 12.3 Å². The molecular formula is C24H36N2O3. The molecule has 5 nitrogen and oxygen atoms in total. The number of piperidine rings is 1. The summed E-state index contributed by atoms with van der Waals surface area (Å²) in [5.74, 6) is 2.20. The number of rotatable bonds is 4. The first kappa shape index (κ1) is 21.7. The minimum absolute atomic E-state index is 0.0485. The third kappa shape index (κ3) is 5.12. The molecule has 0 aromatic heterocycles. The van der Waals surface area contributed by atoms with Crippen LogP contribution in [0, 0.1) is 17.8 Å². The molecule has 5 heteroatoms. The molecule has 0 radical (unpaired) electrons. The van der Waals surface area contributed by atoms with E-state index in [0.29, 0.717) is 30.8 Å². The lowest BCUT2D eigenvalue weighted by molar-refractivity contribution is -0.138. The molecule has 1 saturated heterocycles. The van der Waals surface area contributed by atoms with E-state index in [4.69, 9.17) is 4.74 Å². The van der Waals surface area contributed by atoms with E-state index in [0.717, 1.165) is 50.2 Å². The van der Waals surface area contributed by atoms with Crippen LogP contribution in [0.2, 0.25) is 0 Å². The van der Waals surface area contributed by atoms with Crippen LogP contribution >= 0.6 is 0 Å². The minimum Gasteiger partial charge on any atom is -0.491 e. The molecule has 3 rings (SSSR count). The van der Waals surface area contributed by atoms with Gasteiger partial charge in [0.2, 0.25) is 11.8 Å². The van der Waals surface area contributed by atoms with Crippen molar-refractivity contribution in [3.63, 3.8) is 0 Å². The van der Waals surface area contributed by atoms with Crippen LogP contribution in [0.25, 0.3) is 0 Å². The van der Waals surface area contributed by atoms with Crippen molar-refractivity contribution in [1.29, 1.82) is 0 Å². The lowest BCUT2D eigenvalue weighted by Gasteiger charge is -2.40. The van der Waals surface area contributed by atoms with Gasteiger partial charge in [-0.3, -0.25) is 9.59 Å². The van der Waals surface area contributed by atoms with Crippen molar-refractivity contribution in [1.82, 2.24) is 4.90 Å². The van der Waals surface area contributed by atoms with Crippen molar-refractivity contribution >= 4 is 17.5 Å². The van der Waals surface area contributed by atoms with Crippen LogP contribution in [0.4, 0.5) is 5.69 Å². The van der Waals surface area contributed by atoms with Crippen molar-refractivity contribution in [3.8, 4) is 5.75 Å². The second-order valence-electron chi connectivity index (χ2n) is 8.91. The van der Waals surface area contributed by atoms with Crippen LogP contribution in [0.15, 0.2) is 18.2 Å². The summed E-state index contributed by atoms with van der Waals surface area (Å²) in [4.78, 5) is 27.6. The number of benzene rings is 1. The fourth-order valence-corrected chi connectivity index (χ4v) is 4.66. The first-order valence-corrected chi connectivity index (χ1v) is 11.3. The predicted molar refractivity (Wildman–Crippen MR) is 116 cm³/mol. The number of hydrogen-bond donors (Lipinski definition) is 1. The number of likely N-dealkylation sites (tertiary alicyclic amines) is 1. The topological polar surface area (TPSA) is 58.6 Å². The second kappa shape index (κ2) is 9.64. The summed E-state index contributed by atoms with van der Waals surface area (Å²) in [6.07, 6.45) is 4.06. The molecule has 2 aliphatic heterocycles. The summed E-state index contributed by atoms with van der Waals surface area (Å²) in [5.41, 5.74) is 1.97. The zero-order chi connectivity index (χ0) is 21.0. The standard InChI is InChI=1S/C24H36N2O3/c1-5-17(6-2)24(28)26-11-9-19-14-23(27)25-21-13-18(16(3)4)7-8-22(21)29-12-10-20(19)15-26/h7-8,13,16-17,19-20H,5-6,9-12,14-15H2,1-4H3,(H,25,27)/t19-,20-/m0/s1. The third-order valence-electron chi connectivity index (χ3n) is 6.68. The molecule has 0 bridgehead atoms. The maximum atomic E-state index is 12.8. The molecule has 2 amide bonds. The van der Waals surface area contributed by atoms with Crippen molar-refractivity contribution in [3.05, 3.63) is 23.8 Å². The number of nitrogens with zero attached hydrogens (tertiary/aromatic N) is 1. The van der Waals surface area contributed by atoms with Crippen molar-refractivity contribution < 1.29 is 14.3 Å². The highest BCUT2D eigenvalue weighted by molar-refractivity contribution is 5.92. The zero-order valence-corrected chi connectivity index (χ0v) is 18.4. The number of anilines is 1. The Morgan fingerprint density at radius 3 is 2.66 bits per heavy atom. The Bertz CT molecular complexity index is 727. The smallest absolute Gasteiger partial charge is 0.225 e. The fraction of sp³-hybridized carbons (Fsp3) is 0.667. The SMILES string of the molecule is CCC(CC)C(=O)N1CC[C@H]2CC(=O)Nc3cc(C(C)C)ccc3OCC[C@H]2C1. The fourth-order valence-electron chi connectivity index (χ4n) is 4.66. The van der Waals surface area contributed by atoms with Gasteiger partial charge in [0.25, 0.3) is 0 Å². The molecule has 2 atom stereocenters. The molecule has 0 unspecified atom stereocenters. The van der Waals surface area contributed by atoms with E-state index in [9.17, 15) is 9.59 Å². The lowest BCUT2D eigenvalue weighted by atomic mass is 9.80. The van der Waals surface area contributed by atoms with Gasteiger partial charge in [0.1, 0.15) is 5.75 Å². The summed E-state index contributed by atoms with van der Waals surface area (Å²) in [7, 11) is 0. The van der Waals surface area contributed by atoms with E-state index >= 15 is 0 Å². The van der Waals surface area contributed by atoms with Crippen LogP contribution in [-0.4, -0.2) is 36.4 Å². The summed E-state index contributed by atoms with van der Waals surface area (Å²) >= 11 is 0. The Labute approximate surface area is 175 Å². The van der Waals surface area contributed by atoms with Gasteiger partial charge in [-0.25, -0.2) is 0 Å². The van der Waals surface area contributed by atoms with Crippen molar-refractivity contribution in [2.75, 3.05) is 25.0 Å². The Kier molecular flexibility index (Phi) is 7.20. The monoisotopic (exact) mass is 400 g/mol. The largest absolute Gasteiger partial charge is 0.491 e. The predicted octanol–water partition coefficient (Wildman–Crippen LogP) is 4.82. The molecule has 2 heterocycles. The highest BCUT2D eigenvalue weighted by atomic mass is 16.5. The number of ether oxygens (including phenoxy) is 1. The van der Waals surface area contributed by atoms with E-state index in [2.05, 4.69) is 39.1 Å². The van der Waals surface area contributed by atoms with Gasteiger partial charge in [-0.1, -0.05) is 33.8 Å². The maximum Gasteiger partial charge on any atom is 0.225 e. The molecule has 0 saturated carbocycles.